The second kappa shape index (κ2) is 10.5. The molecule has 2 N–H and O–H groups in total. The lowest BCUT2D eigenvalue weighted by molar-refractivity contribution is 0.0920. The molecule has 1 aliphatic heterocycles. The lowest BCUT2D eigenvalue weighted by Crippen LogP contribution is -2.18. The van der Waals surface area contributed by atoms with Gasteiger partial charge in [0, 0.05) is 24.4 Å². The number of hydrogen-bond acceptors (Lipinski definition) is 9. The van der Waals surface area contributed by atoms with Gasteiger partial charge in [-0.25, -0.2) is 18.4 Å². The average Bonchev–Trinajstić information content (AvgIpc) is 3.44. The molecule has 37 heavy (non-hydrogen) atoms. The van der Waals surface area contributed by atoms with Crippen LogP contribution in [0.1, 0.15) is 25.5 Å². The van der Waals surface area contributed by atoms with Gasteiger partial charge in [0.05, 0.1) is 31.2 Å². The predicted octanol–water partition coefficient (Wildman–Crippen LogP) is 3.36. The van der Waals surface area contributed by atoms with Crippen molar-refractivity contribution in [3.8, 4) is 28.5 Å². The maximum atomic E-state index is 12.4. The van der Waals surface area contributed by atoms with Crippen molar-refractivity contribution < 1.29 is 32.5 Å². The fourth-order valence-corrected chi connectivity index (χ4v) is 5.54. The molecule has 11 heteroatoms. The van der Waals surface area contributed by atoms with Gasteiger partial charge in [0.1, 0.15) is 35.2 Å². The standard InChI is InChI=1S/C26H29N3O7S/c1-16(15-33-2)34-19-9-17(23-6-7-24(29-23)26-28-13-21(14-30)36-26)10-20(11-19)35-18-3-8-25(27-12-18)37(31,32)22-4-5-22/h3,6-12,16,21-22,29-30H,4-5,13-15H2,1-2H3/t16-,21+/m0/s1. The molecule has 3 aromatic rings. The van der Waals surface area contributed by atoms with E-state index < -0.39 is 9.84 Å². The van der Waals surface area contributed by atoms with Crippen LogP contribution in [0.2, 0.25) is 0 Å². The van der Waals surface area contributed by atoms with E-state index in [2.05, 4.69) is 15.0 Å². The fourth-order valence-electron chi connectivity index (χ4n) is 3.98. The van der Waals surface area contributed by atoms with Crippen LogP contribution in [0.5, 0.6) is 17.2 Å². The number of pyridine rings is 1. The summed E-state index contributed by atoms with van der Waals surface area (Å²) < 4.78 is 47.8. The first-order valence-electron chi connectivity index (χ1n) is 12.1. The number of aromatic amines is 1. The lowest BCUT2D eigenvalue weighted by Gasteiger charge is -2.16. The zero-order valence-electron chi connectivity index (χ0n) is 20.6. The predicted molar refractivity (Wildman–Crippen MR) is 136 cm³/mol. The molecule has 2 atom stereocenters. The highest BCUT2D eigenvalue weighted by Crippen LogP contribution is 2.35. The summed E-state index contributed by atoms with van der Waals surface area (Å²) in [6.07, 6.45) is 2.25. The molecular weight excluding hydrogens is 498 g/mol. The quantitative estimate of drug-likeness (QED) is 0.388. The summed E-state index contributed by atoms with van der Waals surface area (Å²) in [6, 6.07) is 12.3. The molecule has 1 saturated carbocycles. The molecule has 0 bridgehead atoms. The summed E-state index contributed by atoms with van der Waals surface area (Å²) in [5.41, 5.74) is 2.28. The number of hydrogen-bond donors (Lipinski definition) is 2. The Hall–Kier alpha value is -3.41. The number of ether oxygens (including phenoxy) is 4. The van der Waals surface area contributed by atoms with Crippen molar-refractivity contribution in [1.29, 1.82) is 0 Å². The first kappa shape index (κ1) is 25.2. The molecule has 0 amide bonds. The first-order valence-corrected chi connectivity index (χ1v) is 13.6. The smallest absolute Gasteiger partial charge is 0.233 e. The molecule has 0 spiro atoms. The number of nitrogens with one attached hydrogen (secondary N) is 1. The highest BCUT2D eigenvalue weighted by atomic mass is 32.2. The van der Waals surface area contributed by atoms with Crippen LogP contribution < -0.4 is 9.47 Å². The number of rotatable bonds is 11. The van der Waals surface area contributed by atoms with Gasteiger partial charge in [0.2, 0.25) is 5.90 Å². The number of nitrogens with zero attached hydrogens (tertiary/aromatic N) is 2. The molecule has 0 radical (unpaired) electrons. The highest BCUT2D eigenvalue weighted by Gasteiger charge is 2.37. The molecule has 1 aromatic carbocycles. The number of sulfone groups is 1. The third kappa shape index (κ3) is 5.79. The molecule has 0 saturated heterocycles. The van der Waals surface area contributed by atoms with Gasteiger partial charge in [0.15, 0.2) is 14.9 Å². The van der Waals surface area contributed by atoms with Crippen LogP contribution in [0, 0.1) is 0 Å². The lowest BCUT2D eigenvalue weighted by atomic mass is 10.1. The molecule has 196 valence electrons. The molecule has 5 rings (SSSR count). The Kier molecular flexibility index (Phi) is 7.18. The minimum atomic E-state index is -3.37. The molecule has 0 unspecified atom stereocenters. The number of benzene rings is 1. The van der Waals surface area contributed by atoms with Crippen molar-refractivity contribution in [2.24, 2.45) is 4.99 Å². The van der Waals surface area contributed by atoms with E-state index in [-0.39, 0.29) is 29.1 Å². The third-order valence-corrected chi connectivity index (χ3v) is 8.14. The minimum absolute atomic E-state index is 0.0629. The van der Waals surface area contributed by atoms with E-state index in [4.69, 9.17) is 18.9 Å². The van der Waals surface area contributed by atoms with Crippen molar-refractivity contribution in [1.82, 2.24) is 9.97 Å². The number of aliphatic hydroxyl groups excluding tert-OH is 1. The topological polar surface area (TPSA) is 132 Å². The molecule has 2 aromatic heterocycles. The number of aliphatic hydroxyl groups is 1. The van der Waals surface area contributed by atoms with Gasteiger partial charge in [0.25, 0.3) is 0 Å². The molecule has 1 aliphatic carbocycles. The van der Waals surface area contributed by atoms with Crippen molar-refractivity contribution in [3.63, 3.8) is 0 Å². The van der Waals surface area contributed by atoms with Gasteiger partial charge in [-0.15, -0.1) is 0 Å². The second-order valence-electron chi connectivity index (χ2n) is 9.11. The van der Waals surface area contributed by atoms with E-state index >= 15 is 0 Å². The maximum absolute atomic E-state index is 12.4. The number of aromatic nitrogens is 2. The Labute approximate surface area is 215 Å². The van der Waals surface area contributed by atoms with E-state index in [1.807, 2.05) is 31.2 Å². The SMILES string of the molecule is COC[C@H](C)Oc1cc(Oc2ccc(S(=O)(=O)C3CC3)nc2)cc(-c2ccc(C3=NC[C@H](CO)O3)[nH]2)c1. The summed E-state index contributed by atoms with van der Waals surface area (Å²) in [7, 11) is -1.76. The van der Waals surface area contributed by atoms with Crippen molar-refractivity contribution >= 4 is 15.7 Å². The van der Waals surface area contributed by atoms with Crippen LogP contribution in [0.3, 0.4) is 0 Å². The molecule has 3 heterocycles. The van der Waals surface area contributed by atoms with Gasteiger partial charge >= 0.3 is 0 Å². The highest BCUT2D eigenvalue weighted by molar-refractivity contribution is 7.92. The largest absolute Gasteiger partial charge is 0.488 e. The molecule has 10 nitrogen and oxygen atoms in total. The van der Waals surface area contributed by atoms with Crippen molar-refractivity contribution in [2.75, 3.05) is 26.9 Å². The van der Waals surface area contributed by atoms with Gasteiger partial charge in [-0.2, -0.15) is 0 Å². The third-order valence-electron chi connectivity index (χ3n) is 5.97. The van der Waals surface area contributed by atoms with Gasteiger partial charge in [-0.1, -0.05) is 0 Å². The fraction of sp³-hybridized carbons (Fsp3) is 0.385. The Bertz CT molecular complexity index is 1380. The van der Waals surface area contributed by atoms with E-state index in [1.54, 1.807) is 19.2 Å². The van der Waals surface area contributed by atoms with Crippen LogP contribution >= 0.6 is 0 Å². The van der Waals surface area contributed by atoms with Gasteiger partial charge in [-0.05, 0) is 56.2 Å². The van der Waals surface area contributed by atoms with Crippen LogP contribution in [0.15, 0.2) is 58.7 Å². The Morgan fingerprint density at radius 2 is 1.89 bits per heavy atom. The molecule has 2 aliphatic rings. The average molecular weight is 528 g/mol. The Morgan fingerprint density at radius 1 is 1.11 bits per heavy atom. The van der Waals surface area contributed by atoms with Gasteiger partial charge in [-0.3, -0.25) is 0 Å². The van der Waals surface area contributed by atoms with Crippen molar-refractivity contribution in [2.45, 2.75) is 42.2 Å². The monoisotopic (exact) mass is 527 g/mol. The van der Waals surface area contributed by atoms with E-state index in [9.17, 15) is 13.5 Å². The summed E-state index contributed by atoms with van der Waals surface area (Å²) in [4.78, 5) is 11.8. The van der Waals surface area contributed by atoms with E-state index in [0.29, 0.717) is 54.8 Å². The van der Waals surface area contributed by atoms with Crippen LogP contribution in [-0.4, -0.2) is 73.7 Å². The van der Waals surface area contributed by atoms with Gasteiger partial charge < -0.3 is 29.0 Å². The van der Waals surface area contributed by atoms with Crippen molar-refractivity contribution in [3.05, 3.63) is 54.4 Å². The summed E-state index contributed by atoms with van der Waals surface area (Å²) in [5, 5.41) is 9.05. The Balaban J connectivity index is 1.40. The summed E-state index contributed by atoms with van der Waals surface area (Å²) in [5.74, 6) is 1.92. The number of methoxy groups -OCH3 is 1. The van der Waals surface area contributed by atoms with E-state index in [1.165, 1.54) is 12.3 Å². The molecular formula is C26H29N3O7S. The number of aliphatic imine (C=N–C) groups is 1. The zero-order chi connectivity index (χ0) is 26.0. The number of H-pyrrole nitrogens is 1. The second-order valence-corrected chi connectivity index (χ2v) is 11.3. The first-order chi connectivity index (χ1) is 17.9. The Morgan fingerprint density at radius 3 is 2.57 bits per heavy atom. The maximum Gasteiger partial charge on any atom is 0.233 e. The summed E-state index contributed by atoms with van der Waals surface area (Å²) >= 11 is 0. The normalized spacial score (nSPS) is 18.2. The summed E-state index contributed by atoms with van der Waals surface area (Å²) in [6.45, 7) is 2.63. The molecule has 1 fully saturated rings. The zero-order valence-corrected chi connectivity index (χ0v) is 21.4. The van der Waals surface area contributed by atoms with E-state index in [0.717, 1.165) is 11.3 Å². The van der Waals surface area contributed by atoms with Crippen LogP contribution in [0.25, 0.3) is 11.3 Å². The minimum Gasteiger partial charge on any atom is -0.488 e. The van der Waals surface area contributed by atoms with Crippen LogP contribution in [-0.2, 0) is 19.3 Å². The van der Waals surface area contributed by atoms with Crippen LogP contribution in [0.4, 0.5) is 0 Å².